The molecule has 1 unspecified atom stereocenters. The summed E-state index contributed by atoms with van der Waals surface area (Å²) in [6, 6.07) is 3.20. The van der Waals surface area contributed by atoms with Crippen molar-refractivity contribution in [2.45, 2.75) is 26.4 Å². The van der Waals surface area contributed by atoms with Crippen molar-refractivity contribution in [3.63, 3.8) is 0 Å². The van der Waals surface area contributed by atoms with Crippen LogP contribution in [0.15, 0.2) is 27.3 Å². The van der Waals surface area contributed by atoms with Crippen LogP contribution >= 0.6 is 0 Å². The van der Waals surface area contributed by atoms with Crippen LogP contribution in [0.1, 0.15) is 19.7 Å². The zero-order chi connectivity index (χ0) is 14.5. The van der Waals surface area contributed by atoms with Crippen LogP contribution in [0, 0.1) is 5.92 Å². The fourth-order valence-corrected chi connectivity index (χ4v) is 1.82. The molecule has 0 fully saturated rings. The largest absolute Gasteiger partial charge is 0.461 e. The van der Waals surface area contributed by atoms with Gasteiger partial charge in [0.1, 0.15) is 0 Å². The summed E-state index contributed by atoms with van der Waals surface area (Å²) in [6.07, 6.45) is 1.55. The van der Waals surface area contributed by atoms with Crippen molar-refractivity contribution in [2.75, 3.05) is 7.05 Å². The predicted molar refractivity (Wildman–Crippen MR) is 71.5 cm³/mol. The van der Waals surface area contributed by atoms with Crippen LogP contribution in [0.4, 0.5) is 0 Å². The maximum atomic E-state index is 11.7. The Labute approximate surface area is 116 Å². The number of nitrogens with one attached hydrogen (secondary N) is 2. The van der Waals surface area contributed by atoms with Crippen molar-refractivity contribution < 1.29 is 13.7 Å². The first-order valence-corrected chi connectivity index (χ1v) is 6.43. The van der Waals surface area contributed by atoms with Crippen LogP contribution < -0.4 is 10.6 Å². The molecule has 0 saturated carbocycles. The van der Waals surface area contributed by atoms with Gasteiger partial charge in [0.05, 0.1) is 18.8 Å². The molecule has 2 rings (SSSR count). The summed E-state index contributed by atoms with van der Waals surface area (Å²) in [5.74, 6) is 1.44. The van der Waals surface area contributed by atoms with E-state index in [2.05, 4.69) is 20.8 Å². The SMILES string of the molecule is CNC(=O)C(NCc1nc(-c2ccco2)no1)C(C)C. The fraction of sp³-hybridized carbons (Fsp3) is 0.462. The third-order valence-corrected chi connectivity index (χ3v) is 2.88. The summed E-state index contributed by atoms with van der Waals surface area (Å²) < 4.78 is 10.3. The number of amides is 1. The van der Waals surface area contributed by atoms with Gasteiger partial charge >= 0.3 is 0 Å². The first-order valence-electron chi connectivity index (χ1n) is 6.43. The Morgan fingerprint density at radius 3 is 2.85 bits per heavy atom. The van der Waals surface area contributed by atoms with Gasteiger partial charge in [-0.25, -0.2) is 0 Å². The van der Waals surface area contributed by atoms with Crippen molar-refractivity contribution >= 4 is 5.91 Å². The molecule has 2 aromatic heterocycles. The summed E-state index contributed by atoms with van der Waals surface area (Å²) in [6.45, 7) is 4.26. The molecule has 7 heteroatoms. The van der Waals surface area contributed by atoms with E-state index >= 15 is 0 Å². The Morgan fingerprint density at radius 1 is 1.45 bits per heavy atom. The number of carbonyl (C=O) groups is 1. The molecule has 2 heterocycles. The highest BCUT2D eigenvalue weighted by atomic mass is 16.5. The molecule has 2 N–H and O–H groups in total. The Kier molecular flexibility index (Phi) is 4.52. The molecule has 2 aromatic rings. The number of rotatable bonds is 6. The standard InChI is InChI=1S/C13H18N4O3/c1-8(2)11(13(18)14-3)15-7-10-16-12(17-20-10)9-5-4-6-19-9/h4-6,8,11,15H,7H2,1-3H3,(H,14,18). The van der Waals surface area contributed by atoms with Crippen LogP contribution in [0.3, 0.4) is 0 Å². The zero-order valence-electron chi connectivity index (χ0n) is 11.7. The Hall–Kier alpha value is -2.15. The van der Waals surface area contributed by atoms with Crippen LogP contribution in [-0.4, -0.2) is 29.1 Å². The number of carbonyl (C=O) groups excluding carboxylic acids is 1. The Morgan fingerprint density at radius 2 is 2.25 bits per heavy atom. The van der Waals surface area contributed by atoms with Gasteiger partial charge in [0, 0.05) is 7.05 Å². The van der Waals surface area contributed by atoms with E-state index < -0.39 is 0 Å². The monoisotopic (exact) mass is 278 g/mol. The molecule has 1 amide bonds. The highest BCUT2D eigenvalue weighted by Crippen LogP contribution is 2.15. The lowest BCUT2D eigenvalue weighted by atomic mass is 10.0. The molecule has 1 atom stereocenters. The summed E-state index contributed by atoms with van der Waals surface area (Å²) in [7, 11) is 1.61. The van der Waals surface area contributed by atoms with Gasteiger partial charge in [0.2, 0.25) is 17.6 Å². The number of furan rings is 1. The molecule has 7 nitrogen and oxygen atoms in total. The minimum Gasteiger partial charge on any atom is -0.461 e. The Bertz CT molecular complexity index is 548. The Balaban J connectivity index is 1.98. The molecule has 0 spiro atoms. The van der Waals surface area contributed by atoms with Crippen LogP contribution in [0.2, 0.25) is 0 Å². The minimum absolute atomic E-state index is 0.0641. The van der Waals surface area contributed by atoms with Gasteiger partial charge in [0.25, 0.3) is 0 Å². The molecule has 0 aromatic carbocycles. The third kappa shape index (κ3) is 3.24. The molecule has 0 aliphatic heterocycles. The minimum atomic E-state index is -0.307. The number of likely N-dealkylation sites (N-methyl/N-ethyl adjacent to an activating group) is 1. The van der Waals surface area contributed by atoms with E-state index in [0.29, 0.717) is 24.0 Å². The quantitative estimate of drug-likeness (QED) is 0.824. The van der Waals surface area contributed by atoms with Gasteiger partial charge in [-0.2, -0.15) is 4.98 Å². The highest BCUT2D eigenvalue weighted by Gasteiger charge is 2.21. The van der Waals surface area contributed by atoms with E-state index in [4.69, 9.17) is 8.94 Å². The van der Waals surface area contributed by atoms with Crippen LogP contribution in [0.25, 0.3) is 11.6 Å². The third-order valence-electron chi connectivity index (χ3n) is 2.88. The highest BCUT2D eigenvalue weighted by molar-refractivity contribution is 5.81. The maximum Gasteiger partial charge on any atom is 0.241 e. The summed E-state index contributed by atoms with van der Waals surface area (Å²) in [5, 5.41) is 9.56. The van der Waals surface area contributed by atoms with E-state index in [9.17, 15) is 4.79 Å². The normalized spacial score (nSPS) is 12.6. The van der Waals surface area contributed by atoms with Gasteiger partial charge in [-0.1, -0.05) is 19.0 Å². The number of aromatic nitrogens is 2. The smallest absolute Gasteiger partial charge is 0.241 e. The molecular formula is C13H18N4O3. The van der Waals surface area contributed by atoms with Crippen molar-refractivity contribution in [3.05, 3.63) is 24.3 Å². The van der Waals surface area contributed by atoms with Gasteiger partial charge in [-0.15, -0.1) is 0 Å². The van der Waals surface area contributed by atoms with Crippen molar-refractivity contribution in [1.82, 2.24) is 20.8 Å². The lowest BCUT2D eigenvalue weighted by molar-refractivity contribution is -0.123. The van der Waals surface area contributed by atoms with Crippen molar-refractivity contribution in [2.24, 2.45) is 5.92 Å². The molecule has 0 saturated heterocycles. The molecular weight excluding hydrogens is 260 g/mol. The number of hydrogen-bond donors (Lipinski definition) is 2. The van der Waals surface area contributed by atoms with E-state index in [0.717, 1.165) is 0 Å². The number of nitrogens with zero attached hydrogens (tertiary/aromatic N) is 2. The lowest BCUT2D eigenvalue weighted by Crippen LogP contribution is -2.46. The molecule has 20 heavy (non-hydrogen) atoms. The van der Waals surface area contributed by atoms with E-state index in [1.165, 1.54) is 0 Å². The maximum absolute atomic E-state index is 11.7. The van der Waals surface area contributed by atoms with Crippen LogP contribution in [0.5, 0.6) is 0 Å². The fourth-order valence-electron chi connectivity index (χ4n) is 1.82. The van der Waals surface area contributed by atoms with Gasteiger partial charge < -0.3 is 14.3 Å². The summed E-state index contributed by atoms with van der Waals surface area (Å²) >= 11 is 0. The predicted octanol–water partition coefficient (Wildman–Crippen LogP) is 1.19. The average molecular weight is 278 g/mol. The van der Waals surface area contributed by atoms with E-state index in [1.807, 2.05) is 13.8 Å². The molecule has 0 radical (unpaired) electrons. The lowest BCUT2D eigenvalue weighted by Gasteiger charge is -2.19. The zero-order valence-corrected chi connectivity index (χ0v) is 11.7. The molecule has 0 aliphatic rings. The first-order chi connectivity index (χ1) is 9.61. The molecule has 0 bridgehead atoms. The average Bonchev–Trinajstić information content (AvgIpc) is 3.08. The van der Waals surface area contributed by atoms with Crippen LogP contribution in [-0.2, 0) is 11.3 Å². The molecule has 0 aliphatic carbocycles. The van der Waals surface area contributed by atoms with E-state index in [-0.39, 0.29) is 17.9 Å². The summed E-state index contributed by atoms with van der Waals surface area (Å²) in [4.78, 5) is 15.9. The van der Waals surface area contributed by atoms with Gasteiger partial charge in [-0.05, 0) is 18.1 Å². The second-order valence-corrected chi connectivity index (χ2v) is 4.71. The number of hydrogen-bond acceptors (Lipinski definition) is 6. The van der Waals surface area contributed by atoms with Gasteiger partial charge in [0.15, 0.2) is 5.76 Å². The van der Waals surface area contributed by atoms with Gasteiger partial charge in [-0.3, -0.25) is 10.1 Å². The summed E-state index contributed by atoms with van der Waals surface area (Å²) in [5.41, 5.74) is 0. The first kappa shape index (κ1) is 14.3. The van der Waals surface area contributed by atoms with Crippen molar-refractivity contribution in [1.29, 1.82) is 0 Å². The second-order valence-electron chi connectivity index (χ2n) is 4.71. The van der Waals surface area contributed by atoms with Crippen molar-refractivity contribution in [3.8, 4) is 11.6 Å². The van der Waals surface area contributed by atoms with E-state index in [1.54, 1.807) is 25.4 Å². The topological polar surface area (TPSA) is 93.2 Å². The second kappa shape index (κ2) is 6.33. The molecule has 108 valence electrons.